The van der Waals surface area contributed by atoms with Gasteiger partial charge in [-0.2, -0.15) is 0 Å². The van der Waals surface area contributed by atoms with Crippen LogP contribution in [0, 0.1) is 0 Å². The molecule has 110 valence electrons. The average Bonchev–Trinajstić information content (AvgIpc) is 2.50. The van der Waals surface area contributed by atoms with E-state index in [9.17, 15) is 4.79 Å². The molecule has 2 aromatic rings. The predicted molar refractivity (Wildman–Crippen MR) is 84.4 cm³/mol. The van der Waals surface area contributed by atoms with Crippen molar-refractivity contribution in [2.75, 3.05) is 19.5 Å². The van der Waals surface area contributed by atoms with Gasteiger partial charge in [-0.25, -0.2) is 4.98 Å². The first-order chi connectivity index (χ1) is 10.0. The number of carbonyl (C=O) groups excluding carboxylic acids is 1. The summed E-state index contributed by atoms with van der Waals surface area (Å²) >= 11 is 9.06. The van der Waals surface area contributed by atoms with Gasteiger partial charge in [-0.1, -0.05) is 11.6 Å². The molecule has 0 aliphatic carbocycles. The van der Waals surface area contributed by atoms with Crippen LogP contribution >= 0.6 is 27.5 Å². The molecule has 0 aliphatic rings. The highest BCUT2D eigenvalue weighted by Gasteiger charge is 2.11. The van der Waals surface area contributed by atoms with E-state index in [2.05, 4.69) is 26.2 Å². The lowest BCUT2D eigenvalue weighted by atomic mass is 10.2. The minimum Gasteiger partial charge on any atom is -0.497 e. The van der Waals surface area contributed by atoms with Crippen molar-refractivity contribution >= 4 is 39.1 Å². The molecule has 1 aromatic heterocycles. The van der Waals surface area contributed by atoms with Gasteiger partial charge in [-0.3, -0.25) is 4.79 Å². The number of ether oxygens (including phenoxy) is 2. The maximum atomic E-state index is 12.2. The summed E-state index contributed by atoms with van der Waals surface area (Å²) in [4.78, 5) is 16.2. The van der Waals surface area contributed by atoms with Crippen LogP contribution in [0.25, 0.3) is 0 Å². The average molecular weight is 372 g/mol. The van der Waals surface area contributed by atoms with Crippen LogP contribution in [-0.4, -0.2) is 25.1 Å². The van der Waals surface area contributed by atoms with Crippen LogP contribution in [0.1, 0.15) is 10.4 Å². The standard InChI is InChI=1S/C14H12BrClN2O3/c1-20-10-3-8(4-11(6-10)21-2)14(19)18-9-5-12(15)13(16)17-7-9/h3-7H,1-2H3,(H,18,19). The molecule has 2 rings (SSSR count). The van der Waals surface area contributed by atoms with Crippen LogP contribution in [-0.2, 0) is 0 Å². The summed E-state index contributed by atoms with van der Waals surface area (Å²) in [7, 11) is 3.05. The Morgan fingerprint density at radius 2 is 1.81 bits per heavy atom. The molecule has 0 fully saturated rings. The van der Waals surface area contributed by atoms with Crippen LogP contribution in [0.3, 0.4) is 0 Å². The summed E-state index contributed by atoms with van der Waals surface area (Å²) in [6.45, 7) is 0. The number of hydrogen-bond donors (Lipinski definition) is 1. The molecule has 0 atom stereocenters. The van der Waals surface area contributed by atoms with E-state index in [1.165, 1.54) is 20.4 Å². The quantitative estimate of drug-likeness (QED) is 0.831. The molecule has 0 radical (unpaired) electrons. The first-order valence-corrected chi connectivity index (χ1v) is 7.06. The highest BCUT2D eigenvalue weighted by Crippen LogP contribution is 2.25. The Labute approximate surface area is 135 Å². The first-order valence-electron chi connectivity index (χ1n) is 5.89. The van der Waals surface area contributed by atoms with Crippen LogP contribution in [0.15, 0.2) is 34.9 Å². The number of amides is 1. The minimum atomic E-state index is -0.303. The van der Waals surface area contributed by atoms with Crippen molar-refractivity contribution in [1.82, 2.24) is 4.98 Å². The van der Waals surface area contributed by atoms with Gasteiger partial charge in [0.05, 0.1) is 30.6 Å². The van der Waals surface area contributed by atoms with Gasteiger partial charge >= 0.3 is 0 Å². The number of hydrogen-bond acceptors (Lipinski definition) is 4. The zero-order valence-electron chi connectivity index (χ0n) is 11.3. The number of pyridine rings is 1. The molecule has 1 heterocycles. The zero-order valence-corrected chi connectivity index (χ0v) is 13.7. The lowest BCUT2D eigenvalue weighted by molar-refractivity contribution is 0.102. The molecule has 7 heteroatoms. The van der Waals surface area contributed by atoms with Crippen molar-refractivity contribution < 1.29 is 14.3 Å². The number of carbonyl (C=O) groups is 1. The molecule has 0 unspecified atom stereocenters. The summed E-state index contributed by atoms with van der Waals surface area (Å²) in [5, 5.41) is 3.06. The number of nitrogens with zero attached hydrogens (tertiary/aromatic N) is 1. The Hall–Kier alpha value is -1.79. The van der Waals surface area contributed by atoms with E-state index in [-0.39, 0.29) is 5.91 Å². The van der Waals surface area contributed by atoms with E-state index in [1.54, 1.807) is 24.3 Å². The van der Waals surface area contributed by atoms with Crippen LogP contribution < -0.4 is 14.8 Å². The highest BCUT2D eigenvalue weighted by molar-refractivity contribution is 9.10. The van der Waals surface area contributed by atoms with Crippen molar-refractivity contribution in [3.8, 4) is 11.5 Å². The fraction of sp³-hybridized carbons (Fsp3) is 0.143. The SMILES string of the molecule is COc1cc(OC)cc(C(=O)Nc2cnc(Cl)c(Br)c2)c1. The number of methoxy groups -OCH3 is 2. The van der Waals surface area contributed by atoms with Crippen molar-refractivity contribution in [3.05, 3.63) is 45.7 Å². The third-order valence-electron chi connectivity index (χ3n) is 2.67. The lowest BCUT2D eigenvalue weighted by Gasteiger charge is -2.09. The number of rotatable bonds is 4. The van der Waals surface area contributed by atoms with Crippen LogP contribution in [0.4, 0.5) is 5.69 Å². The number of nitrogens with one attached hydrogen (secondary N) is 1. The Morgan fingerprint density at radius 1 is 1.19 bits per heavy atom. The van der Waals surface area contributed by atoms with Crippen molar-refractivity contribution in [3.63, 3.8) is 0 Å². The third-order valence-corrected chi connectivity index (χ3v) is 3.80. The van der Waals surface area contributed by atoms with E-state index in [0.29, 0.717) is 32.4 Å². The molecule has 0 spiro atoms. The van der Waals surface area contributed by atoms with Gasteiger partial charge in [0.2, 0.25) is 0 Å². The van der Waals surface area contributed by atoms with Gasteiger partial charge in [0.15, 0.2) is 0 Å². The molecular formula is C14H12BrClN2O3. The van der Waals surface area contributed by atoms with Gasteiger partial charge in [0.25, 0.3) is 5.91 Å². The van der Waals surface area contributed by atoms with E-state index in [0.717, 1.165) is 0 Å². The molecule has 21 heavy (non-hydrogen) atoms. The van der Waals surface area contributed by atoms with Crippen molar-refractivity contribution in [2.45, 2.75) is 0 Å². The largest absolute Gasteiger partial charge is 0.497 e. The number of anilines is 1. The van der Waals surface area contributed by atoms with E-state index < -0.39 is 0 Å². The minimum absolute atomic E-state index is 0.303. The first kappa shape index (κ1) is 15.6. The maximum Gasteiger partial charge on any atom is 0.255 e. The van der Waals surface area contributed by atoms with Crippen LogP contribution in [0.2, 0.25) is 5.15 Å². The van der Waals surface area contributed by atoms with E-state index >= 15 is 0 Å². The topological polar surface area (TPSA) is 60.5 Å². The molecule has 0 saturated carbocycles. The Balaban J connectivity index is 2.25. The van der Waals surface area contributed by atoms with E-state index in [1.807, 2.05) is 0 Å². The maximum absolute atomic E-state index is 12.2. The summed E-state index contributed by atoms with van der Waals surface area (Å²) in [6, 6.07) is 6.61. The van der Waals surface area contributed by atoms with Crippen LogP contribution in [0.5, 0.6) is 11.5 Å². The van der Waals surface area contributed by atoms with E-state index in [4.69, 9.17) is 21.1 Å². The lowest BCUT2D eigenvalue weighted by Crippen LogP contribution is -2.12. The molecule has 1 aromatic carbocycles. The Bertz CT molecular complexity index is 657. The van der Waals surface area contributed by atoms with Gasteiger partial charge < -0.3 is 14.8 Å². The second-order valence-corrected chi connectivity index (χ2v) is 5.26. The fourth-order valence-corrected chi connectivity index (χ4v) is 2.08. The third kappa shape index (κ3) is 3.86. The number of halogens is 2. The summed E-state index contributed by atoms with van der Waals surface area (Å²) in [5.41, 5.74) is 0.940. The van der Waals surface area contributed by atoms with Gasteiger partial charge in [0.1, 0.15) is 16.7 Å². The normalized spacial score (nSPS) is 10.1. The highest BCUT2D eigenvalue weighted by atomic mass is 79.9. The number of benzene rings is 1. The summed E-state index contributed by atoms with van der Waals surface area (Å²) < 4.78 is 10.9. The molecule has 0 aliphatic heterocycles. The number of aromatic nitrogens is 1. The van der Waals surface area contributed by atoms with Crippen molar-refractivity contribution in [1.29, 1.82) is 0 Å². The summed E-state index contributed by atoms with van der Waals surface area (Å²) in [5.74, 6) is 0.771. The smallest absolute Gasteiger partial charge is 0.255 e. The summed E-state index contributed by atoms with van der Waals surface area (Å²) in [6.07, 6.45) is 1.47. The fourth-order valence-electron chi connectivity index (χ4n) is 1.63. The molecule has 1 amide bonds. The van der Waals surface area contributed by atoms with Gasteiger partial charge in [-0.15, -0.1) is 0 Å². The Kier molecular flexibility index (Phi) is 5.03. The predicted octanol–water partition coefficient (Wildman–Crippen LogP) is 3.77. The molecular weight excluding hydrogens is 360 g/mol. The monoisotopic (exact) mass is 370 g/mol. The molecule has 0 saturated heterocycles. The van der Waals surface area contributed by atoms with Gasteiger partial charge in [-0.05, 0) is 34.1 Å². The van der Waals surface area contributed by atoms with Gasteiger partial charge in [0, 0.05) is 11.6 Å². The molecule has 0 bridgehead atoms. The molecule has 5 nitrogen and oxygen atoms in total. The molecule has 1 N–H and O–H groups in total. The van der Waals surface area contributed by atoms with Crippen molar-refractivity contribution in [2.24, 2.45) is 0 Å². The second-order valence-electron chi connectivity index (χ2n) is 4.05. The second kappa shape index (κ2) is 6.78. The Morgan fingerprint density at radius 3 is 2.33 bits per heavy atom. The zero-order chi connectivity index (χ0) is 15.4.